The van der Waals surface area contributed by atoms with Crippen molar-refractivity contribution in [2.24, 2.45) is 10.9 Å². The zero-order valence-corrected chi connectivity index (χ0v) is 12.8. The van der Waals surface area contributed by atoms with E-state index >= 15 is 0 Å². The fourth-order valence-electron chi connectivity index (χ4n) is 2.28. The molecule has 0 radical (unpaired) electrons. The van der Waals surface area contributed by atoms with E-state index in [0.717, 1.165) is 43.7 Å². The van der Waals surface area contributed by atoms with E-state index in [-0.39, 0.29) is 0 Å². The maximum absolute atomic E-state index is 4.61. The predicted molar refractivity (Wildman–Crippen MR) is 80.6 cm³/mol. The monoisotopic (exact) mass is 278 g/mol. The van der Waals surface area contributed by atoms with Crippen LogP contribution in [0.25, 0.3) is 0 Å². The summed E-state index contributed by atoms with van der Waals surface area (Å²) in [4.78, 5) is 4.61. The molecule has 0 unspecified atom stereocenters. The van der Waals surface area contributed by atoms with Crippen molar-refractivity contribution in [2.75, 3.05) is 13.1 Å². The number of nitrogens with zero attached hydrogens (tertiary/aromatic N) is 4. The molecule has 2 rings (SSSR count). The number of fused-ring (bicyclic) bond motifs is 1. The molecule has 1 aliphatic heterocycles. The summed E-state index contributed by atoms with van der Waals surface area (Å²) in [5, 5.41) is 15.1. The lowest BCUT2D eigenvalue weighted by Gasteiger charge is -2.15. The third-order valence-corrected chi connectivity index (χ3v) is 3.34. The Morgan fingerprint density at radius 3 is 2.90 bits per heavy atom. The van der Waals surface area contributed by atoms with Gasteiger partial charge in [-0.2, -0.15) is 0 Å². The largest absolute Gasteiger partial charge is 0.357 e. The van der Waals surface area contributed by atoms with Gasteiger partial charge in [-0.1, -0.05) is 13.8 Å². The number of aromatic nitrogens is 3. The molecule has 0 aromatic carbocycles. The van der Waals surface area contributed by atoms with Crippen LogP contribution in [-0.4, -0.2) is 33.8 Å². The molecule has 0 aliphatic carbocycles. The smallest absolute Gasteiger partial charge is 0.191 e. The lowest BCUT2D eigenvalue weighted by Crippen LogP contribution is -2.39. The minimum Gasteiger partial charge on any atom is -0.357 e. The first-order chi connectivity index (χ1) is 9.70. The van der Waals surface area contributed by atoms with E-state index in [1.807, 2.05) is 0 Å². The van der Waals surface area contributed by atoms with Crippen molar-refractivity contribution in [3.63, 3.8) is 0 Å². The van der Waals surface area contributed by atoms with Gasteiger partial charge in [-0.25, -0.2) is 4.99 Å². The van der Waals surface area contributed by atoms with Crippen molar-refractivity contribution in [2.45, 2.75) is 53.1 Å². The minimum atomic E-state index is 0.584. The van der Waals surface area contributed by atoms with Gasteiger partial charge < -0.3 is 15.2 Å². The fraction of sp³-hybridized carbons (Fsp3) is 0.786. The second-order valence-electron chi connectivity index (χ2n) is 5.61. The second-order valence-corrected chi connectivity index (χ2v) is 5.61. The van der Waals surface area contributed by atoms with Crippen molar-refractivity contribution in [3.05, 3.63) is 11.6 Å². The molecule has 0 spiro atoms. The molecule has 6 heteroatoms. The molecule has 0 atom stereocenters. The van der Waals surface area contributed by atoms with Gasteiger partial charge in [0.05, 0.1) is 0 Å². The highest BCUT2D eigenvalue weighted by molar-refractivity contribution is 5.79. The van der Waals surface area contributed by atoms with Crippen molar-refractivity contribution in [1.29, 1.82) is 0 Å². The lowest BCUT2D eigenvalue weighted by atomic mass is 10.2. The van der Waals surface area contributed by atoms with Crippen LogP contribution < -0.4 is 10.6 Å². The summed E-state index contributed by atoms with van der Waals surface area (Å²) >= 11 is 0. The van der Waals surface area contributed by atoms with Crippen LogP contribution in [0.2, 0.25) is 0 Å². The highest BCUT2D eigenvalue weighted by Crippen LogP contribution is 2.14. The van der Waals surface area contributed by atoms with Gasteiger partial charge in [0.2, 0.25) is 0 Å². The normalized spacial score (nSPS) is 15.3. The van der Waals surface area contributed by atoms with Crippen LogP contribution in [0.15, 0.2) is 4.99 Å². The maximum Gasteiger partial charge on any atom is 0.191 e. The zero-order valence-electron chi connectivity index (χ0n) is 12.8. The molecule has 0 saturated heterocycles. The SMILES string of the molecule is CCNC(=NCc1nnc2n1CCCC2)NCC(C)C. The summed E-state index contributed by atoms with van der Waals surface area (Å²) in [5.41, 5.74) is 0. The van der Waals surface area contributed by atoms with E-state index in [4.69, 9.17) is 0 Å². The minimum absolute atomic E-state index is 0.584. The Morgan fingerprint density at radius 2 is 2.15 bits per heavy atom. The van der Waals surface area contributed by atoms with Crippen LogP contribution in [-0.2, 0) is 19.5 Å². The average Bonchev–Trinajstić information content (AvgIpc) is 2.85. The Kier molecular flexibility index (Phi) is 5.38. The molecule has 1 aliphatic rings. The summed E-state index contributed by atoms with van der Waals surface area (Å²) in [6.07, 6.45) is 3.48. The summed E-state index contributed by atoms with van der Waals surface area (Å²) in [6, 6.07) is 0. The molecular formula is C14H26N6. The van der Waals surface area contributed by atoms with Gasteiger partial charge in [-0.3, -0.25) is 0 Å². The number of nitrogens with one attached hydrogen (secondary N) is 2. The quantitative estimate of drug-likeness (QED) is 0.630. The van der Waals surface area contributed by atoms with Gasteiger partial charge in [-0.05, 0) is 25.7 Å². The summed E-state index contributed by atoms with van der Waals surface area (Å²) in [6.45, 7) is 9.84. The van der Waals surface area contributed by atoms with Crippen molar-refractivity contribution in [3.8, 4) is 0 Å². The van der Waals surface area contributed by atoms with E-state index in [2.05, 4.69) is 51.2 Å². The van der Waals surface area contributed by atoms with Crippen LogP contribution in [0.5, 0.6) is 0 Å². The molecule has 20 heavy (non-hydrogen) atoms. The Morgan fingerprint density at radius 1 is 1.30 bits per heavy atom. The van der Waals surface area contributed by atoms with Crippen LogP contribution in [0, 0.1) is 5.92 Å². The average molecular weight is 278 g/mol. The Labute approximate surface area is 121 Å². The number of rotatable bonds is 5. The highest BCUT2D eigenvalue weighted by Gasteiger charge is 2.15. The predicted octanol–water partition coefficient (Wildman–Crippen LogP) is 1.33. The van der Waals surface area contributed by atoms with Crippen LogP contribution in [0.1, 0.15) is 45.3 Å². The van der Waals surface area contributed by atoms with Gasteiger partial charge in [0.15, 0.2) is 11.8 Å². The Bertz CT molecular complexity index is 449. The van der Waals surface area contributed by atoms with E-state index in [1.54, 1.807) is 0 Å². The first-order valence-corrected chi connectivity index (χ1v) is 7.63. The van der Waals surface area contributed by atoms with Gasteiger partial charge >= 0.3 is 0 Å². The van der Waals surface area contributed by atoms with Crippen LogP contribution in [0.4, 0.5) is 0 Å². The number of aliphatic imine (C=N–C) groups is 1. The Hall–Kier alpha value is -1.59. The van der Waals surface area contributed by atoms with Gasteiger partial charge in [0, 0.05) is 26.1 Å². The molecular weight excluding hydrogens is 252 g/mol. The van der Waals surface area contributed by atoms with Gasteiger partial charge in [0.25, 0.3) is 0 Å². The molecule has 6 nitrogen and oxygen atoms in total. The molecule has 0 fully saturated rings. The van der Waals surface area contributed by atoms with Gasteiger partial charge in [0.1, 0.15) is 12.4 Å². The van der Waals surface area contributed by atoms with E-state index in [0.29, 0.717) is 12.5 Å². The van der Waals surface area contributed by atoms with E-state index in [1.165, 1.54) is 12.8 Å². The molecule has 2 N–H and O–H groups in total. The van der Waals surface area contributed by atoms with Gasteiger partial charge in [-0.15, -0.1) is 10.2 Å². The summed E-state index contributed by atoms with van der Waals surface area (Å²) in [5.74, 6) is 3.54. The first-order valence-electron chi connectivity index (χ1n) is 7.63. The van der Waals surface area contributed by atoms with E-state index in [9.17, 15) is 0 Å². The number of aryl methyl sites for hydroxylation is 1. The van der Waals surface area contributed by atoms with Crippen LogP contribution in [0.3, 0.4) is 0 Å². The number of hydrogen-bond acceptors (Lipinski definition) is 3. The molecule has 2 heterocycles. The first kappa shape index (κ1) is 14.8. The summed E-state index contributed by atoms with van der Waals surface area (Å²) in [7, 11) is 0. The standard InChI is InChI=1S/C14H26N6/c1-4-15-14(16-9-11(2)3)17-10-13-19-18-12-7-5-6-8-20(12)13/h11H,4-10H2,1-3H3,(H2,15,16,17). The number of hydrogen-bond donors (Lipinski definition) is 2. The maximum atomic E-state index is 4.61. The third kappa shape index (κ3) is 3.95. The Balaban J connectivity index is 1.99. The summed E-state index contributed by atoms with van der Waals surface area (Å²) < 4.78 is 2.22. The molecule has 0 amide bonds. The zero-order chi connectivity index (χ0) is 14.4. The third-order valence-electron chi connectivity index (χ3n) is 3.34. The highest BCUT2D eigenvalue weighted by atomic mass is 15.3. The van der Waals surface area contributed by atoms with Crippen molar-refractivity contribution in [1.82, 2.24) is 25.4 Å². The molecule has 1 aromatic heterocycles. The topological polar surface area (TPSA) is 67.1 Å². The lowest BCUT2D eigenvalue weighted by molar-refractivity contribution is 0.508. The number of guanidine groups is 1. The van der Waals surface area contributed by atoms with Crippen molar-refractivity contribution < 1.29 is 0 Å². The second kappa shape index (κ2) is 7.26. The van der Waals surface area contributed by atoms with Crippen molar-refractivity contribution >= 4 is 5.96 Å². The van der Waals surface area contributed by atoms with E-state index < -0.39 is 0 Å². The molecule has 1 aromatic rings. The molecule has 0 saturated carbocycles. The molecule has 112 valence electrons. The fourth-order valence-corrected chi connectivity index (χ4v) is 2.28. The van der Waals surface area contributed by atoms with Crippen LogP contribution >= 0.6 is 0 Å². The molecule has 0 bridgehead atoms.